The molecule has 0 aliphatic carbocycles. The highest BCUT2D eigenvalue weighted by atomic mass is 19.1. The molecule has 1 aromatic heterocycles. The van der Waals surface area contributed by atoms with Gasteiger partial charge in [-0.3, -0.25) is 4.90 Å². The maximum atomic E-state index is 13.1. The summed E-state index contributed by atoms with van der Waals surface area (Å²) in [6.45, 7) is 3.48. The van der Waals surface area contributed by atoms with Gasteiger partial charge in [0.15, 0.2) is 5.76 Å². The number of hydrogen-bond donors (Lipinski definition) is 1. The molecule has 0 radical (unpaired) electrons. The van der Waals surface area contributed by atoms with Crippen LogP contribution in [0.4, 0.5) is 4.39 Å². The molecular weight excluding hydrogens is 369 g/mol. The molecule has 1 fully saturated rings. The zero-order chi connectivity index (χ0) is 20.1. The van der Waals surface area contributed by atoms with Crippen LogP contribution in [0.25, 0.3) is 0 Å². The molecule has 0 unspecified atom stereocenters. The van der Waals surface area contributed by atoms with Gasteiger partial charge in [0.1, 0.15) is 5.82 Å². The Morgan fingerprint density at radius 3 is 2.48 bits per heavy atom. The molecule has 1 N–H and O–H groups in total. The average molecular weight is 395 g/mol. The molecule has 1 aliphatic heterocycles. The van der Waals surface area contributed by atoms with E-state index in [2.05, 4.69) is 46.7 Å². The second-order valence-corrected chi connectivity index (χ2v) is 7.87. The summed E-state index contributed by atoms with van der Waals surface area (Å²) in [5.41, 5.74) is 3.08. The lowest BCUT2D eigenvalue weighted by Crippen LogP contribution is -2.61. The van der Waals surface area contributed by atoms with Gasteiger partial charge in [-0.25, -0.2) is 4.39 Å². The summed E-state index contributed by atoms with van der Waals surface area (Å²) < 4.78 is 24.1. The number of nitrogens with zero attached hydrogens (tertiary/aromatic N) is 2. The third kappa shape index (κ3) is 5.29. The second-order valence-electron chi connectivity index (χ2n) is 7.87. The number of rotatable bonds is 9. The molecule has 2 heterocycles. The number of ether oxygens (including phenoxy) is 1. The van der Waals surface area contributed by atoms with Crippen LogP contribution < -0.4 is 5.32 Å². The highest BCUT2D eigenvalue weighted by molar-refractivity contribution is 5.18. The lowest BCUT2D eigenvalue weighted by atomic mass is 9.91. The molecule has 1 aliphatic rings. The smallest absolute Gasteiger partial charge is 0.150 e. The molecule has 0 atom stereocenters. The summed E-state index contributed by atoms with van der Waals surface area (Å²) in [4.78, 5) is 2.20. The van der Waals surface area contributed by atoms with E-state index in [1.54, 1.807) is 12.1 Å². The first-order chi connectivity index (χ1) is 14.1. The van der Waals surface area contributed by atoms with Gasteiger partial charge in [-0.05, 0) is 30.3 Å². The Morgan fingerprint density at radius 2 is 1.79 bits per heavy atom. The largest absolute Gasteiger partial charge is 0.377 e. The van der Waals surface area contributed by atoms with Crippen molar-refractivity contribution >= 4 is 0 Å². The molecule has 4 rings (SSSR count). The summed E-state index contributed by atoms with van der Waals surface area (Å²) >= 11 is 0. The first-order valence-corrected chi connectivity index (χ1v) is 9.84. The van der Waals surface area contributed by atoms with E-state index in [-0.39, 0.29) is 11.4 Å². The molecule has 5 nitrogen and oxygen atoms in total. The summed E-state index contributed by atoms with van der Waals surface area (Å²) in [5, 5.41) is 7.82. The topological polar surface area (TPSA) is 50.5 Å². The lowest BCUT2D eigenvalue weighted by Gasteiger charge is -2.42. The fraction of sp³-hybridized carbons (Fsp3) is 0.348. The van der Waals surface area contributed by atoms with Crippen molar-refractivity contribution in [1.29, 1.82) is 0 Å². The number of aromatic nitrogens is 1. The Labute approximate surface area is 170 Å². The molecule has 0 saturated carbocycles. The molecule has 0 amide bonds. The van der Waals surface area contributed by atoms with Gasteiger partial charge in [0.25, 0.3) is 0 Å². The number of halogens is 1. The predicted molar refractivity (Wildman–Crippen MR) is 109 cm³/mol. The van der Waals surface area contributed by atoms with E-state index in [1.165, 1.54) is 17.7 Å². The van der Waals surface area contributed by atoms with Crippen LogP contribution >= 0.6 is 0 Å². The normalized spacial score (nSPS) is 15.4. The van der Waals surface area contributed by atoms with Crippen LogP contribution in [0, 0.1) is 5.82 Å². The maximum absolute atomic E-state index is 13.1. The summed E-state index contributed by atoms with van der Waals surface area (Å²) in [5.74, 6) is 0.634. The van der Waals surface area contributed by atoms with Crippen LogP contribution in [0.2, 0.25) is 0 Å². The van der Waals surface area contributed by atoms with E-state index in [0.29, 0.717) is 26.3 Å². The minimum atomic E-state index is -0.220. The van der Waals surface area contributed by atoms with Gasteiger partial charge in [-0.15, -0.1) is 0 Å². The first-order valence-electron chi connectivity index (χ1n) is 9.84. The molecule has 0 spiro atoms. The number of benzene rings is 2. The van der Waals surface area contributed by atoms with Gasteiger partial charge >= 0.3 is 0 Å². The predicted octanol–water partition coefficient (Wildman–Crippen LogP) is 3.55. The highest BCUT2D eigenvalue weighted by Crippen LogP contribution is 2.23. The van der Waals surface area contributed by atoms with Gasteiger partial charge < -0.3 is 14.6 Å². The van der Waals surface area contributed by atoms with E-state index in [1.807, 2.05) is 12.1 Å². The van der Waals surface area contributed by atoms with Crippen molar-refractivity contribution in [1.82, 2.24) is 15.4 Å². The minimum Gasteiger partial charge on any atom is -0.377 e. The van der Waals surface area contributed by atoms with Gasteiger partial charge in [-0.1, -0.05) is 47.6 Å². The molecule has 29 heavy (non-hydrogen) atoms. The fourth-order valence-electron chi connectivity index (χ4n) is 3.58. The molecule has 2 aromatic carbocycles. The molecule has 0 bridgehead atoms. The Kier molecular flexibility index (Phi) is 6.04. The highest BCUT2D eigenvalue weighted by Gasteiger charge is 2.39. The zero-order valence-electron chi connectivity index (χ0n) is 16.6. The number of hydrogen-bond acceptors (Lipinski definition) is 5. The summed E-state index contributed by atoms with van der Waals surface area (Å²) in [6.07, 6.45) is 0.736. The van der Waals surface area contributed by atoms with Crippen molar-refractivity contribution in [2.24, 2.45) is 0 Å². The van der Waals surface area contributed by atoms with Crippen molar-refractivity contribution < 1.29 is 13.7 Å². The van der Waals surface area contributed by atoms with E-state index in [0.717, 1.165) is 30.0 Å². The summed E-state index contributed by atoms with van der Waals surface area (Å²) in [6, 6.07) is 19.0. The molecule has 152 valence electrons. The van der Waals surface area contributed by atoms with Gasteiger partial charge in [0, 0.05) is 25.6 Å². The monoisotopic (exact) mass is 395 g/mol. The van der Waals surface area contributed by atoms with Crippen LogP contribution in [0.3, 0.4) is 0 Å². The molecular formula is C23H26FN3O2. The van der Waals surface area contributed by atoms with Crippen molar-refractivity contribution in [2.75, 3.05) is 20.3 Å². The minimum absolute atomic E-state index is 0.154. The Hall–Kier alpha value is -2.54. The Morgan fingerprint density at radius 1 is 1.03 bits per heavy atom. The zero-order valence-corrected chi connectivity index (χ0v) is 16.6. The third-order valence-corrected chi connectivity index (χ3v) is 5.19. The summed E-state index contributed by atoms with van der Waals surface area (Å²) in [7, 11) is 2.07. The van der Waals surface area contributed by atoms with Gasteiger partial charge in [0.2, 0.25) is 0 Å². The lowest BCUT2D eigenvalue weighted by molar-refractivity contribution is -0.0755. The van der Waals surface area contributed by atoms with Crippen LogP contribution in [0.15, 0.2) is 65.2 Å². The van der Waals surface area contributed by atoms with Crippen LogP contribution in [0.1, 0.15) is 22.6 Å². The quantitative estimate of drug-likeness (QED) is 0.601. The first kappa shape index (κ1) is 19.8. The van der Waals surface area contributed by atoms with Crippen LogP contribution in [0.5, 0.6) is 0 Å². The van der Waals surface area contributed by atoms with Crippen molar-refractivity contribution in [3.63, 3.8) is 0 Å². The standard InChI is InChI=1S/C23H26FN3O2/c1-27(14-19-5-3-2-4-6-19)15-22-11-21(26-29-22)12-23(16-28-17-23)25-13-18-7-9-20(24)10-8-18/h2-11,25H,12-17H2,1H3. The maximum Gasteiger partial charge on any atom is 0.150 e. The van der Waals surface area contributed by atoms with Crippen molar-refractivity contribution in [2.45, 2.75) is 31.6 Å². The third-order valence-electron chi connectivity index (χ3n) is 5.19. The van der Waals surface area contributed by atoms with Crippen molar-refractivity contribution in [3.8, 4) is 0 Å². The molecule has 6 heteroatoms. The Balaban J connectivity index is 1.31. The fourth-order valence-corrected chi connectivity index (χ4v) is 3.58. The van der Waals surface area contributed by atoms with E-state index in [9.17, 15) is 4.39 Å². The number of nitrogens with one attached hydrogen (secondary N) is 1. The van der Waals surface area contributed by atoms with E-state index < -0.39 is 0 Å². The van der Waals surface area contributed by atoms with Crippen LogP contribution in [-0.2, 0) is 30.8 Å². The van der Waals surface area contributed by atoms with Crippen LogP contribution in [-0.4, -0.2) is 35.9 Å². The second kappa shape index (κ2) is 8.86. The SMILES string of the molecule is CN(Cc1ccccc1)Cc1cc(CC2(NCc3ccc(F)cc3)COC2)no1. The van der Waals surface area contributed by atoms with Gasteiger partial charge in [-0.2, -0.15) is 0 Å². The van der Waals surface area contributed by atoms with Gasteiger partial charge in [0.05, 0.1) is 31.0 Å². The van der Waals surface area contributed by atoms with E-state index >= 15 is 0 Å². The van der Waals surface area contributed by atoms with Crippen molar-refractivity contribution in [3.05, 3.63) is 89.1 Å². The van der Waals surface area contributed by atoms with E-state index in [4.69, 9.17) is 9.26 Å². The average Bonchev–Trinajstić information content (AvgIpc) is 3.12. The molecule has 3 aromatic rings. The Bertz CT molecular complexity index is 907. The molecule has 1 saturated heterocycles.